The molecule has 0 spiro atoms. The SMILES string of the molecule is CCCc1c(Cl)ncnc1NCCc1ccc(OC)cc1. The summed E-state index contributed by atoms with van der Waals surface area (Å²) in [7, 11) is 1.67. The van der Waals surface area contributed by atoms with Gasteiger partial charge in [0.05, 0.1) is 7.11 Å². The fourth-order valence-electron chi connectivity index (χ4n) is 2.13. The highest BCUT2D eigenvalue weighted by Crippen LogP contribution is 2.21. The Labute approximate surface area is 130 Å². The Kier molecular flexibility index (Phi) is 5.81. The number of anilines is 1. The Morgan fingerprint density at radius 3 is 2.57 bits per heavy atom. The van der Waals surface area contributed by atoms with E-state index in [4.69, 9.17) is 16.3 Å². The number of benzene rings is 1. The lowest BCUT2D eigenvalue weighted by molar-refractivity contribution is 0.414. The molecule has 0 amide bonds. The monoisotopic (exact) mass is 305 g/mol. The lowest BCUT2D eigenvalue weighted by atomic mass is 10.1. The van der Waals surface area contributed by atoms with Crippen molar-refractivity contribution in [2.75, 3.05) is 19.0 Å². The summed E-state index contributed by atoms with van der Waals surface area (Å²) in [6.07, 6.45) is 4.30. The van der Waals surface area contributed by atoms with E-state index in [2.05, 4.69) is 34.3 Å². The van der Waals surface area contributed by atoms with E-state index in [1.54, 1.807) is 7.11 Å². The molecule has 112 valence electrons. The molecule has 0 unspecified atom stereocenters. The highest BCUT2D eigenvalue weighted by molar-refractivity contribution is 6.30. The fraction of sp³-hybridized carbons (Fsp3) is 0.375. The average molecular weight is 306 g/mol. The molecular formula is C16H20ClN3O. The van der Waals surface area contributed by atoms with Gasteiger partial charge in [-0.2, -0.15) is 0 Å². The van der Waals surface area contributed by atoms with E-state index < -0.39 is 0 Å². The predicted molar refractivity (Wildman–Crippen MR) is 86.2 cm³/mol. The topological polar surface area (TPSA) is 47.0 Å². The molecule has 0 aliphatic heterocycles. The van der Waals surface area contributed by atoms with Gasteiger partial charge in [-0.1, -0.05) is 37.1 Å². The van der Waals surface area contributed by atoms with Gasteiger partial charge in [-0.25, -0.2) is 9.97 Å². The van der Waals surface area contributed by atoms with Crippen molar-refractivity contribution in [3.05, 3.63) is 46.9 Å². The minimum absolute atomic E-state index is 0.541. The molecule has 1 aromatic carbocycles. The summed E-state index contributed by atoms with van der Waals surface area (Å²) < 4.78 is 5.15. The average Bonchev–Trinajstić information content (AvgIpc) is 2.51. The minimum Gasteiger partial charge on any atom is -0.497 e. The predicted octanol–water partition coefficient (Wildman–Crippen LogP) is 3.75. The van der Waals surface area contributed by atoms with Gasteiger partial charge in [0.1, 0.15) is 23.0 Å². The second-order valence-electron chi connectivity index (χ2n) is 4.77. The summed E-state index contributed by atoms with van der Waals surface area (Å²) in [4.78, 5) is 8.33. The van der Waals surface area contributed by atoms with Crippen LogP contribution in [0.4, 0.5) is 5.82 Å². The lowest BCUT2D eigenvalue weighted by Gasteiger charge is -2.11. The molecule has 0 radical (unpaired) electrons. The van der Waals surface area contributed by atoms with Crippen LogP contribution in [0.5, 0.6) is 5.75 Å². The zero-order valence-electron chi connectivity index (χ0n) is 12.4. The van der Waals surface area contributed by atoms with E-state index in [1.165, 1.54) is 11.9 Å². The Morgan fingerprint density at radius 2 is 1.90 bits per heavy atom. The molecule has 0 fully saturated rings. The van der Waals surface area contributed by atoms with Gasteiger partial charge in [0.2, 0.25) is 0 Å². The van der Waals surface area contributed by atoms with Crippen molar-refractivity contribution < 1.29 is 4.74 Å². The first-order valence-electron chi connectivity index (χ1n) is 7.10. The number of nitrogens with one attached hydrogen (secondary N) is 1. The van der Waals surface area contributed by atoms with Crippen LogP contribution in [-0.4, -0.2) is 23.6 Å². The third kappa shape index (κ3) is 4.33. The van der Waals surface area contributed by atoms with Gasteiger partial charge >= 0.3 is 0 Å². The maximum atomic E-state index is 6.13. The molecule has 1 N–H and O–H groups in total. The smallest absolute Gasteiger partial charge is 0.137 e. The van der Waals surface area contributed by atoms with Crippen LogP contribution in [0.3, 0.4) is 0 Å². The summed E-state index contributed by atoms with van der Waals surface area (Å²) in [6.45, 7) is 2.92. The number of ether oxygens (including phenoxy) is 1. The standard InChI is InChI=1S/C16H20ClN3O/c1-3-4-14-15(17)19-11-20-16(14)18-10-9-12-5-7-13(21-2)8-6-12/h5-8,11H,3-4,9-10H2,1-2H3,(H,18,19,20). The molecule has 5 heteroatoms. The largest absolute Gasteiger partial charge is 0.497 e. The third-order valence-electron chi connectivity index (χ3n) is 3.26. The van der Waals surface area contributed by atoms with Crippen molar-refractivity contribution in [2.24, 2.45) is 0 Å². The molecule has 0 saturated heterocycles. The molecule has 1 aromatic heterocycles. The summed E-state index contributed by atoms with van der Waals surface area (Å²) in [5, 5.41) is 3.89. The van der Waals surface area contributed by atoms with Crippen molar-refractivity contribution in [1.29, 1.82) is 0 Å². The summed E-state index contributed by atoms with van der Waals surface area (Å²) in [5.74, 6) is 1.71. The number of rotatable bonds is 7. The number of aromatic nitrogens is 2. The number of hydrogen-bond acceptors (Lipinski definition) is 4. The Bertz CT molecular complexity index is 572. The van der Waals surface area contributed by atoms with Gasteiger partial charge in [0.25, 0.3) is 0 Å². The van der Waals surface area contributed by atoms with Gasteiger partial charge in [-0.15, -0.1) is 0 Å². The first-order valence-corrected chi connectivity index (χ1v) is 7.48. The Hall–Kier alpha value is -1.81. The maximum Gasteiger partial charge on any atom is 0.137 e. The molecule has 0 bridgehead atoms. The Morgan fingerprint density at radius 1 is 1.14 bits per heavy atom. The van der Waals surface area contributed by atoms with Gasteiger partial charge in [0, 0.05) is 12.1 Å². The first-order chi connectivity index (χ1) is 10.2. The van der Waals surface area contributed by atoms with E-state index >= 15 is 0 Å². The van der Waals surface area contributed by atoms with Gasteiger partial charge in [-0.05, 0) is 30.5 Å². The quantitative estimate of drug-likeness (QED) is 0.792. The molecule has 4 nitrogen and oxygen atoms in total. The zero-order valence-corrected chi connectivity index (χ0v) is 13.2. The van der Waals surface area contributed by atoms with Gasteiger partial charge in [0.15, 0.2) is 0 Å². The summed E-state index contributed by atoms with van der Waals surface area (Å²) in [6, 6.07) is 8.08. The number of halogens is 1. The molecule has 0 saturated carbocycles. The van der Waals surface area contributed by atoms with E-state index in [-0.39, 0.29) is 0 Å². The molecule has 21 heavy (non-hydrogen) atoms. The molecule has 0 atom stereocenters. The molecule has 2 rings (SSSR count). The van der Waals surface area contributed by atoms with Crippen LogP contribution in [-0.2, 0) is 12.8 Å². The van der Waals surface area contributed by atoms with Crippen molar-refractivity contribution in [2.45, 2.75) is 26.2 Å². The van der Waals surface area contributed by atoms with Crippen LogP contribution in [0, 0.1) is 0 Å². The van der Waals surface area contributed by atoms with Crippen LogP contribution < -0.4 is 10.1 Å². The van der Waals surface area contributed by atoms with Crippen LogP contribution in [0.25, 0.3) is 0 Å². The highest BCUT2D eigenvalue weighted by atomic mass is 35.5. The summed E-state index contributed by atoms with van der Waals surface area (Å²) >= 11 is 6.13. The molecule has 0 aliphatic carbocycles. The second-order valence-corrected chi connectivity index (χ2v) is 5.12. The van der Waals surface area contributed by atoms with Crippen molar-refractivity contribution >= 4 is 17.4 Å². The first kappa shape index (κ1) is 15.6. The van der Waals surface area contributed by atoms with Crippen LogP contribution in [0.15, 0.2) is 30.6 Å². The summed E-state index contributed by atoms with van der Waals surface area (Å²) in [5.41, 5.74) is 2.25. The third-order valence-corrected chi connectivity index (χ3v) is 3.58. The van der Waals surface area contributed by atoms with Crippen LogP contribution in [0.2, 0.25) is 5.15 Å². The van der Waals surface area contributed by atoms with Gasteiger partial charge < -0.3 is 10.1 Å². The maximum absolute atomic E-state index is 6.13. The van der Waals surface area contributed by atoms with E-state index in [0.717, 1.165) is 42.9 Å². The van der Waals surface area contributed by atoms with E-state index in [0.29, 0.717) is 5.15 Å². The number of nitrogens with zero attached hydrogens (tertiary/aromatic N) is 2. The molecular weight excluding hydrogens is 286 g/mol. The van der Waals surface area contributed by atoms with Crippen LogP contribution in [0.1, 0.15) is 24.5 Å². The highest BCUT2D eigenvalue weighted by Gasteiger charge is 2.08. The lowest BCUT2D eigenvalue weighted by Crippen LogP contribution is -2.09. The van der Waals surface area contributed by atoms with Gasteiger partial charge in [-0.3, -0.25) is 0 Å². The van der Waals surface area contributed by atoms with Crippen molar-refractivity contribution in [3.8, 4) is 5.75 Å². The Balaban J connectivity index is 1.95. The normalized spacial score (nSPS) is 10.4. The van der Waals surface area contributed by atoms with E-state index in [9.17, 15) is 0 Å². The number of hydrogen-bond donors (Lipinski definition) is 1. The fourth-order valence-corrected chi connectivity index (χ4v) is 2.36. The zero-order chi connectivity index (χ0) is 15.1. The molecule has 2 aromatic rings. The van der Waals surface area contributed by atoms with Crippen molar-refractivity contribution in [3.63, 3.8) is 0 Å². The molecule has 1 heterocycles. The number of methoxy groups -OCH3 is 1. The van der Waals surface area contributed by atoms with E-state index in [1.807, 2.05) is 12.1 Å². The molecule has 0 aliphatic rings. The minimum atomic E-state index is 0.541. The second kappa shape index (κ2) is 7.84. The van der Waals surface area contributed by atoms with Crippen molar-refractivity contribution in [1.82, 2.24) is 9.97 Å². The van der Waals surface area contributed by atoms with Crippen LogP contribution >= 0.6 is 11.6 Å².